The predicted octanol–water partition coefficient (Wildman–Crippen LogP) is -3.39. The Morgan fingerprint density at radius 2 is 1.83 bits per heavy atom. The number of phosphoric acid groups is 2. The van der Waals surface area contributed by atoms with E-state index in [1.54, 1.807) is 0 Å². The monoisotopic (exact) mass is 464 g/mol. The van der Waals surface area contributed by atoms with Crippen LogP contribution in [0.3, 0.4) is 0 Å². The number of ether oxygens (including phenoxy) is 1. The zero-order chi connectivity index (χ0) is 22.4. The van der Waals surface area contributed by atoms with E-state index in [-0.39, 0.29) is 12.4 Å². The van der Waals surface area contributed by atoms with Gasteiger partial charge in [-0.2, -0.15) is 9.29 Å². The summed E-state index contributed by atoms with van der Waals surface area (Å²) in [6, 6.07) is 1.24. The minimum absolute atomic E-state index is 0.0787. The van der Waals surface area contributed by atoms with Gasteiger partial charge in [-0.25, -0.2) is 13.9 Å². The highest BCUT2D eigenvalue weighted by molar-refractivity contribution is 7.60. The number of hydrogen-bond donors (Lipinski definition) is 8. The molecule has 1 aliphatic heterocycles. The summed E-state index contributed by atoms with van der Waals surface area (Å²) in [5.41, 5.74) is 9.23. The van der Waals surface area contributed by atoms with Crippen LogP contribution in [0.15, 0.2) is 17.1 Å². The van der Waals surface area contributed by atoms with Crippen LogP contribution < -0.4 is 17.2 Å². The molecule has 5 atom stereocenters. The molecule has 1 aromatic heterocycles. The van der Waals surface area contributed by atoms with Crippen LogP contribution >= 0.6 is 15.6 Å². The molecular weight excluding hydrogens is 442 g/mol. The van der Waals surface area contributed by atoms with Crippen molar-refractivity contribution in [3.8, 4) is 0 Å². The van der Waals surface area contributed by atoms with E-state index >= 15 is 0 Å². The summed E-state index contributed by atoms with van der Waals surface area (Å²) in [6.45, 7) is -0.403. The largest absolute Gasteiger partial charge is 0.481 e. The molecule has 0 aromatic carbocycles. The van der Waals surface area contributed by atoms with E-state index < -0.39 is 52.5 Å². The number of aromatic nitrogens is 2. The first kappa shape index (κ1) is 25.8. The quantitative estimate of drug-likeness (QED) is 0.183. The normalized spacial score (nSPS) is 26.4. The van der Waals surface area contributed by atoms with Crippen LogP contribution in [0.25, 0.3) is 0 Å². The fraction of sp³-hybridized carbons (Fsp3) is 0.636. The predicted molar refractivity (Wildman–Crippen MR) is 93.9 cm³/mol. The van der Waals surface area contributed by atoms with E-state index in [0.717, 1.165) is 10.8 Å². The summed E-state index contributed by atoms with van der Waals surface area (Å²) < 4.78 is 35.8. The van der Waals surface area contributed by atoms with Gasteiger partial charge in [0.25, 0.3) is 0 Å². The third-order valence-corrected chi connectivity index (χ3v) is 5.36. The van der Waals surface area contributed by atoms with Crippen LogP contribution in [0.1, 0.15) is 6.23 Å². The fourth-order valence-electron chi connectivity index (χ4n) is 2.04. The molecule has 0 spiro atoms. The van der Waals surface area contributed by atoms with Gasteiger partial charge in [0.2, 0.25) is 0 Å². The molecule has 168 valence electrons. The number of nitrogen functional groups attached to an aromatic ring is 1. The summed E-state index contributed by atoms with van der Waals surface area (Å²) >= 11 is 0. The maximum Gasteiger partial charge on any atom is 0.481 e. The maximum atomic E-state index is 11.7. The third kappa shape index (κ3) is 8.18. The number of aliphatic hydroxyl groups excluding tert-OH is 3. The van der Waals surface area contributed by atoms with E-state index in [9.17, 15) is 24.1 Å². The summed E-state index contributed by atoms with van der Waals surface area (Å²) in [7, 11) is -10.5. The number of hydrogen-bond acceptors (Lipinski definition) is 12. The molecular formula is C11H22N4O12P2. The molecule has 1 fully saturated rings. The molecule has 1 aliphatic rings. The number of rotatable bonds is 7. The van der Waals surface area contributed by atoms with E-state index in [2.05, 4.69) is 13.8 Å². The van der Waals surface area contributed by atoms with Gasteiger partial charge < -0.3 is 46.2 Å². The average Bonchev–Trinajstić information content (AvgIpc) is 2.86. The molecule has 1 unspecified atom stereocenters. The molecule has 2 heterocycles. The Bertz CT molecular complexity index is 813. The van der Waals surface area contributed by atoms with Crippen molar-refractivity contribution in [1.82, 2.24) is 9.55 Å². The van der Waals surface area contributed by atoms with Crippen molar-refractivity contribution >= 4 is 21.5 Å². The molecule has 16 nitrogen and oxygen atoms in total. The van der Waals surface area contributed by atoms with Gasteiger partial charge in [-0.15, -0.1) is 0 Å². The second-order valence-corrected chi connectivity index (χ2v) is 8.27. The van der Waals surface area contributed by atoms with Crippen LogP contribution in [0.5, 0.6) is 0 Å². The summed E-state index contributed by atoms with van der Waals surface area (Å²) in [6.07, 6.45) is -4.93. The zero-order valence-electron chi connectivity index (χ0n) is 14.7. The first-order chi connectivity index (χ1) is 13.3. The fourth-order valence-corrected chi connectivity index (χ4v) is 3.64. The van der Waals surface area contributed by atoms with Crippen molar-refractivity contribution < 1.29 is 52.7 Å². The Morgan fingerprint density at radius 1 is 1.24 bits per heavy atom. The molecule has 0 radical (unpaired) electrons. The van der Waals surface area contributed by atoms with Gasteiger partial charge in [0.1, 0.15) is 24.1 Å². The Balaban J connectivity index is 0.000000960. The molecule has 1 saturated heterocycles. The minimum Gasteiger partial charge on any atom is -0.395 e. The average molecular weight is 464 g/mol. The van der Waals surface area contributed by atoms with E-state index in [0.29, 0.717) is 6.54 Å². The first-order valence-electron chi connectivity index (χ1n) is 7.72. The van der Waals surface area contributed by atoms with Crippen LogP contribution in [0.2, 0.25) is 0 Å². The summed E-state index contributed by atoms with van der Waals surface area (Å²) in [4.78, 5) is 41.3. The topological polar surface area (TPSA) is 270 Å². The Hall–Kier alpha value is -1.26. The van der Waals surface area contributed by atoms with E-state index in [1.807, 2.05) is 0 Å². The summed E-state index contributed by atoms with van der Waals surface area (Å²) in [5.74, 6) is -0.0787. The van der Waals surface area contributed by atoms with Gasteiger partial charge >= 0.3 is 21.3 Å². The maximum absolute atomic E-state index is 11.7. The lowest BCUT2D eigenvalue weighted by molar-refractivity contribution is -0.0541. The van der Waals surface area contributed by atoms with Crippen LogP contribution in [-0.2, 0) is 22.7 Å². The minimum atomic E-state index is -5.30. The van der Waals surface area contributed by atoms with E-state index in [4.69, 9.17) is 36.0 Å². The number of aliphatic hydroxyl groups is 3. The molecule has 0 bridgehead atoms. The van der Waals surface area contributed by atoms with Crippen molar-refractivity contribution in [3.63, 3.8) is 0 Å². The zero-order valence-corrected chi connectivity index (χ0v) is 16.5. The SMILES string of the molecule is NCCO.Nc1ccn([C@H]2O[C@H](COP(=O)(O)OP(=O)(O)O)[C@@H](O)[C@H]2O)c(=O)n1. The molecule has 2 rings (SSSR count). The third-order valence-electron chi connectivity index (χ3n) is 3.20. The lowest BCUT2D eigenvalue weighted by Crippen LogP contribution is -2.36. The standard InChI is InChI=1S/C9H15N3O11P2.C2H7NO/c10-5-1-2-12(9(15)11-5)8-7(14)6(13)4(22-8)3-21-25(19,20)23-24(16,17)18;3-1-2-4/h1-2,4,6-8,13-14H,3H2,(H,19,20)(H2,10,11,15)(H2,16,17,18);4H,1-3H2/t4-,6-,7-,8+;/m1./s1. The first-order valence-corrected chi connectivity index (χ1v) is 10.7. The molecule has 0 aliphatic carbocycles. The summed E-state index contributed by atoms with van der Waals surface area (Å²) in [5, 5.41) is 27.6. The van der Waals surface area contributed by atoms with Crippen molar-refractivity contribution in [2.24, 2.45) is 5.73 Å². The number of anilines is 1. The Morgan fingerprint density at radius 3 is 2.31 bits per heavy atom. The van der Waals surface area contributed by atoms with Gasteiger partial charge in [-0.3, -0.25) is 9.09 Å². The number of nitrogens with two attached hydrogens (primary N) is 2. The second kappa shape index (κ2) is 10.7. The lowest BCUT2D eigenvalue weighted by Gasteiger charge is -2.17. The molecule has 1 aromatic rings. The molecule has 0 amide bonds. The van der Waals surface area contributed by atoms with Crippen LogP contribution in [0.4, 0.5) is 5.82 Å². The van der Waals surface area contributed by atoms with Gasteiger partial charge in [0, 0.05) is 12.7 Å². The highest BCUT2D eigenvalue weighted by atomic mass is 31.3. The van der Waals surface area contributed by atoms with Gasteiger partial charge in [0.15, 0.2) is 6.23 Å². The van der Waals surface area contributed by atoms with E-state index in [1.165, 1.54) is 6.07 Å². The van der Waals surface area contributed by atoms with Gasteiger partial charge in [-0.1, -0.05) is 0 Å². The highest BCUT2D eigenvalue weighted by Gasteiger charge is 2.45. The highest BCUT2D eigenvalue weighted by Crippen LogP contribution is 2.57. The van der Waals surface area contributed by atoms with Crippen molar-refractivity contribution in [3.05, 3.63) is 22.7 Å². The van der Waals surface area contributed by atoms with Crippen molar-refractivity contribution in [1.29, 1.82) is 0 Å². The number of phosphoric ester groups is 1. The molecule has 10 N–H and O–H groups in total. The molecule has 0 saturated carbocycles. The Labute approximate surface area is 163 Å². The second-order valence-electron chi connectivity index (χ2n) is 5.44. The van der Waals surface area contributed by atoms with Crippen molar-refractivity contribution in [2.75, 3.05) is 25.5 Å². The van der Waals surface area contributed by atoms with Crippen LogP contribution in [-0.4, -0.2) is 77.6 Å². The smallest absolute Gasteiger partial charge is 0.395 e. The number of nitrogens with zero attached hydrogens (tertiary/aromatic N) is 2. The lowest BCUT2D eigenvalue weighted by atomic mass is 10.1. The van der Waals surface area contributed by atoms with Gasteiger partial charge in [0.05, 0.1) is 13.2 Å². The van der Waals surface area contributed by atoms with Crippen molar-refractivity contribution in [2.45, 2.75) is 24.5 Å². The van der Waals surface area contributed by atoms with Crippen LogP contribution in [0, 0.1) is 0 Å². The molecule has 18 heteroatoms. The van der Waals surface area contributed by atoms with Gasteiger partial charge in [-0.05, 0) is 6.07 Å². The Kier molecular flexibility index (Phi) is 9.49. The molecule has 29 heavy (non-hydrogen) atoms.